The van der Waals surface area contributed by atoms with Crippen molar-refractivity contribution in [3.63, 3.8) is 0 Å². The zero-order chi connectivity index (χ0) is 15.9. The number of ether oxygens (including phenoxy) is 1. The third-order valence-electron chi connectivity index (χ3n) is 3.66. The molecule has 1 aliphatic heterocycles. The van der Waals surface area contributed by atoms with Crippen LogP contribution in [0.2, 0.25) is 0 Å². The first-order valence-corrected chi connectivity index (χ1v) is 7.32. The molecule has 1 saturated heterocycles. The summed E-state index contributed by atoms with van der Waals surface area (Å²) in [5, 5.41) is 18.8. The number of carboxylic acid groups (broad SMARTS) is 1. The van der Waals surface area contributed by atoms with Gasteiger partial charge in [-0.3, -0.25) is 4.90 Å². The molecule has 1 atom stereocenters. The lowest BCUT2D eigenvalue weighted by atomic mass is 10.2. The normalized spacial score (nSPS) is 17.3. The molecule has 0 aliphatic carbocycles. The predicted octanol–water partition coefficient (Wildman–Crippen LogP) is 1.25. The van der Waals surface area contributed by atoms with E-state index >= 15 is 0 Å². The molecular weight excluding hydrogens is 291 g/mol. The van der Waals surface area contributed by atoms with Crippen LogP contribution in [0, 0.1) is 5.82 Å². The lowest BCUT2D eigenvalue weighted by Crippen LogP contribution is -2.50. The topological polar surface area (TPSA) is 73.2 Å². The summed E-state index contributed by atoms with van der Waals surface area (Å²) < 4.78 is 18.6. The molecular formula is C15H21FN2O4. The highest BCUT2D eigenvalue weighted by Crippen LogP contribution is 2.15. The predicted molar refractivity (Wildman–Crippen MR) is 78.6 cm³/mol. The molecule has 7 heteroatoms. The number of aliphatic hydroxyl groups is 1. The van der Waals surface area contributed by atoms with E-state index < -0.39 is 18.0 Å². The minimum atomic E-state index is -0.904. The van der Waals surface area contributed by atoms with Crippen LogP contribution in [0.4, 0.5) is 9.18 Å². The van der Waals surface area contributed by atoms with Gasteiger partial charge in [0.25, 0.3) is 0 Å². The third-order valence-corrected chi connectivity index (χ3v) is 3.66. The van der Waals surface area contributed by atoms with Crippen LogP contribution in [0.5, 0.6) is 5.75 Å². The Morgan fingerprint density at radius 3 is 2.59 bits per heavy atom. The molecule has 1 amide bonds. The van der Waals surface area contributed by atoms with Gasteiger partial charge in [-0.05, 0) is 12.1 Å². The van der Waals surface area contributed by atoms with Gasteiger partial charge < -0.3 is 19.8 Å². The molecule has 22 heavy (non-hydrogen) atoms. The summed E-state index contributed by atoms with van der Waals surface area (Å²) >= 11 is 0. The Kier molecular flexibility index (Phi) is 5.97. The number of halogens is 1. The standard InChI is InChI=1S/C15H21FN2O4/c16-13-3-1-2-4-14(13)22-10-5-12(19)11-17-6-8-18(9-7-17)15(20)21/h1-4,12,19H,5-11H2,(H,20,21). The molecule has 6 nitrogen and oxygen atoms in total. The maximum Gasteiger partial charge on any atom is 0.407 e. The molecule has 1 aliphatic rings. The molecule has 1 aromatic rings. The maximum atomic E-state index is 13.3. The Morgan fingerprint density at radius 1 is 1.27 bits per heavy atom. The van der Waals surface area contributed by atoms with Gasteiger partial charge in [0.2, 0.25) is 0 Å². The van der Waals surface area contributed by atoms with Gasteiger partial charge >= 0.3 is 6.09 Å². The van der Waals surface area contributed by atoms with Crippen molar-refractivity contribution in [2.45, 2.75) is 12.5 Å². The van der Waals surface area contributed by atoms with Crippen LogP contribution >= 0.6 is 0 Å². The van der Waals surface area contributed by atoms with Crippen molar-refractivity contribution in [2.24, 2.45) is 0 Å². The van der Waals surface area contributed by atoms with E-state index in [1.807, 2.05) is 4.90 Å². The number of hydrogen-bond acceptors (Lipinski definition) is 4. The van der Waals surface area contributed by atoms with Gasteiger partial charge in [-0.15, -0.1) is 0 Å². The molecule has 1 fully saturated rings. The van der Waals surface area contributed by atoms with Crippen LogP contribution in [0.3, 0.4) is 0 Å². The summed E-state index contributed by atoms with van der Waals surface area (Å²) in [4.78, 5) is 14.2. The molecule has 1 aromatic carbocycles. The van der Waals surface area contributed by atoms with Gasteiger partial charge in [-0.25, -0.2) is 9.18 Å². The highest BCUT2D eigenvalue weighted by molar-refractivity contribution is 5.65. The van der Waals surface area contributed by atoms with E-state index in [1.165, 1.54) is 11.0 Å². The van der Waals surface area contributed by atoms with E-state index in [2.05, 4.69) is 0 Å². The Balaban J connectivity index is 1.65. The summed E-state index contributed by atoms with van der Waals surface area (Å²) in [6.07, 6.45) is -1.09. The summed E-state index contributed by atoms with van der Waals surface area (Å²) in [6.45, 7) is 2.82. The number of para-hydroxylation sites is 1. The van der Waals surface area contributed by atoms with Crippen LogP contribution in [0.15, 0.2) is 24.3 Å². The first-order valence-electron chi connectivity index (χ1n) is 7.32. The van der Waals surface area contributed by atoms with E-state index in [-0.39, 0.29) is 12.4 Å². The molecule has 2 rings (SSSR count). The van der Waals surface area contributed by atoms with Crippen molar-refractivity contribution in [1.82, 2.24) is 9.80 Å². The molecule has 1 heterocycles. The van der Waals surface area contributed by atoms with Crippen LogP contribution < -0.4 is 4.74 Å². The highest BCUT2D eigenvalue weighted by atomic mass is 19.1. The second-order valence-corrected chi connectivity index (χ2v) is 5.29. The third kappa shape index (κ3) is 4.85. The van der Waals surface area contributed by atoms with Crippen molar-refractivity contribution < 1.29 is 24.1 Å². The summed E-state index contributed by atoms with van der Waals surface area (Å²) in [6, 6.07) is 6.16. The molecule has 2 N–H and O–H groups in total. The van der Waals surface area contributed by atoms with E-state index in [1.54, 1.807) is 18.2 Å². The number of nitrogens with zero attached hydrogens (tertiary/aromatic N) is 2. The Labute approximate surface area is 128 Å². The number of rotatable bonds is 6. The van der Waals surface area contributed by atoms with Crippen molar-refractivity contribution in [3.8, 4) is 5.75 Å². The summed E-state index contributed by atoms with van der Waals surface area (Å²) in [5.41, 5.74) is 0. The monoisotopic (exact) mass is 312 g/mol. The van der Waals surface area contributed by atoms with Crippen LogP contribution in [0.1, 0.15) is 6.42 Å². The fourth-order valence-electron chi connectivity index (χ4n) is 2.38. The number of carbonyl (C=O) groups is 1. The molecule has 0 aromatic heterocycles. The summed E-state index contributed by atoms with van der Waals surface area (Å²) in [7, 11) is 0. The van der Waals surface area contributed by atoms with Gasteiger partial charge in [0.05, 0.1) is 12.7 Å². The number of aliphatic hydroxyl groups excluding tert-OH is 1. The van der Waals surface area contributed by atoms with Crippen LogP contribution in [0.25, 0.3) is 0 Å². The van der Waals surface area contributed by atoms with E-state index in [0.717, 1.165) is 0 Å². The SMILES string of the molecule is O=C(O)N1CCN(CC(O)CCOc2ccccc2F)CC1. The van der Waals surface area contributed by atoms with Crippen LogP contribution in [-0.4, -0.2) is 71.5 Å². The number of piperazine rings is 1. The van der Waals surface area contributed by atoms with Gasteiger partial charge in [-0.1, -0.05) is 12.1 Å². The zero-order valence-corrected chi connectivity index (χ0v) is 12.3. The van der Waals surface area contributed by atoms with Gasteiger partial charge in [-0.2, -0.15) is 0 Å². The Bertz CT molecular complexity index is 492. The molecule has 122 valence electrons. The second-order valence-electron chi connectivity index (χ2n) is 5.29. The lowest BCUT2D eigenvalue weighted by Gasteiger charge is -2.34. The first kappa shape index (κ1) is 16.5. The van der Waals surface area contributed by atoms with Gasteiger partial charge in [0, 0.05) is 39.1 Å². The number of hydrogen-bond donors (Lipinski definition) is 2. The zero-order valence-electron chi connectivity index (χ0n) is 12.3. The van der Waals surface area contributed by atoms with Crippen molar-refractivity contribution >= 4 is 6.09 Å². The van der Waals surface area contributed by atoms with E-state index in [9.17, 15) is 14.3 Å². The van der Waals surface area contributed by atoms with Gasteiger partial charge in [0.15, 0.2) is 11.6 Å². The minimum Gasteiger partial charge on any atom is -0.490 e. The minimum absolute atomic E-state index is 0.185. The number of benzene rings is 1. The fourth-order valence-corrected chi connectivity index (χ4v) is 2.38. The average Bonchev–Trinajstić information content (AvgIpc) is 2.50. The first-order chi connectivity index (χ1) is 10.6. The smallest absolute Gasteiger partial charge is 0.407 e. The van der Waals surface area contributed by atoms with E-state index in [0.29, 0.717) is 39.1 Å². The summed E-state index contributed by atoms with van der Waals surface area (Å²) in [5.74, 6) is -0.230. The molecule has 0 bridgehead atoms. The van der Waals surface area contributed by atoms with Crippen molar-refractivity contribution in [2.75, 3.05) is 39.3 Å². The Morgan fingerprint density at radius 2 is 1.95 bits per heavy atom. The number of amides is 1. The molecule has 0 saturated carbocycles. The molecule has 0 radical (unpaired) electrons. The molecule has 1 unspecified atom stereocenters. The second kappa shape index (κ2) is 7.95. The van der Waals surface area contributed by atoms with Crippen LogP contribution in [-0.2, 0) is 0 Å². The average molecular weight is 312 g/mol. The fraction of sp³-hybridized carbons (Fsp3) is 0.533. The van der Waals surface area contributed by atoms with E-state index in [4.69, 9.17) is 9.84 Å². The highest BCUT2D eigenvalue weighted by Gasteiger charge is 2.21. The quantitative estimate of drug-likeness (QED) is 0.827. The maximum absolute atomic E-state index is 13.3. The van der Waals surface area contributed by atoms with Crippen molar-refractivity contribution in [1.29, 1.82) is 0 Å². The lowest BCUT2D eigenvalue weighted by molar-refractivity contribution is 0.0600. The van der Waals surface area contributed by atoms with Crippen molar-refractivity contribution in [3.05, 3.63) is 30.1 Å². The van der Waals surface area contributed by atoms with Gasteiger partial charge in [0.1, 0.15) is 0 Å². The number of β-amino-alcohol motifs (C(OH)–C–C–N with tert-alkyl or cyclic N) is 1. The molecule has 0 spiro atoms. The largest absolute Gasteiger partial charge is 0.490 e. The Hall–Kier alpha value is -1.86.